The van der Waals surface area contributed by atoms with E-state index in [-0.39, 0.29) is 28.9 Å². The van der Waals surface area contributed by atoms with E-state index in [1.165, 1.54) is 34.2 Å². The van der Waals surface area contributed by atoms with Gasteiger partial charge in [-0.25, -0.2) is 0 Å². The molecule has 1 aliphatic heterocycles. The Morgan fingerprint density at radius 3 is 2.89 bits per heavy atom. The van der Waals surface area contributed by atoms with Crippen molar-refractivity contribution in [3.05, 3.63) is 40.1 Å². The Morgan fingerprint density at radius 1 is 1.40 bits per heavy atom. The molecule has 35 heavy (non-hydrogen) atoms. The molecule has 0 aliphatic carbocycles. The van der Waals surface area contributed by atoms with Gasteiger partial charge in [0.05, 0.1) is 0 Å². The summed E-state index contributed by atoms with van der Waals surface area (Å²) in [5.41, 5.74) is 0.857. The number of fused-ring (bicyclic) bond motifs is 1. The number of carbonyl (C=O) groups is 1. The Hall–Kier alpha value is -2.65. The number of piperidine rings is 1. The number of aryl methyl sites for hydroxylation is 1. The first-order valence-corrected chi connectivity index (χ1v) is 13.2. The zero-order chi connectivity index (χ0) is 25.2. The SMILES string of the molecule is Cc1nc(C(=O)NCC#Cc2cc3c(N[C@@H]4CCN(C)C[C@@H]4F)nccn3c2[Se]C(F)(F)F)cs1. The molecule has 0 aromatic carbocycles. The number of alkyl halides is 4. The van der Waals surface area contributed by atoms with Crippen LogP contribution >= 0.6 is 11.3 Å². The molecular weight excluding hydrogens is 551 g/mol. The zero-order valence-corrected chi connectivity index (χ0v) is 21.3. The summed E-state index contributed by atoms with van der Waals surface area (Å²) in [4.78, 5) is 22.3. The van der Waals surface area contributed by atoms with Gasteiger partial charge in [0.25, 0.3) is 0 Å². The van der Waals surface area contributed by atoms with Crippen LogP contribution in [-0.4, -0.2) is 84.1 Å². The van der Waals surface area contributed by atoms with Crippen molar-refractivity contribution in [3.63, 3.8) is 0 Å². The molecule has 4 rings (SSSR count). The molecule has 0 bridgehead atoms. The van der Waals surface area contributed by atoms with Crippen LogP contribution in [0.25, 0.3) is 5.52 Å². The van der Waals surface area contributed by atoms with Crippen LogP contribution in [0, 0.1) is 18.8 Å². The molecule has 0 radical (unpaired) electrons. The van der Waals surface area contributed by atoms with Gasteiger partial charge in [-0.1, -0.05) is 0 Å². The Kier molecular flexibility index (Phi) is 7.66. The van der Waals surface area contributed by atoms with Gasteiger partial charge in [-0.2, -0.15) is 0 Å². The van der Waals surface area contributed by atoms with Gasteiger partial charge in [0, 0.05) is 0 Å². The van der Waals surface area contributed by atoms with Crippen LogP contribution in [0.15, 0.2) is 23.8 Å². The van der Waals surface area contributed by atoms with E-state index in [0.717, 1.165) is 5.01 Å². The first kappa shape index (κ1) is 25.4. The molecule has 13 heteroatoms. The summed E-state index contributed by atoms with van der Waals surface area (Å²) in [6.45, 7) is 2.70. The third-order valence-corrected chi connectivity index (χ3v) is 7.88. The maximum atomic E-state index is 14.5. The summed E-state index contributed by atoms with van der Waals surface area (Å²) in [6.07, 6.45) is 2.25. The number of anilines is 1. The number of amides is 1. The molecule has 1 aliphatic rings. The Labute approximate surface area is 209 Å². The second-order valence-corrected chi connectivity index (χ2v) is 11.3. The number of nitrogens with one attached hydrogen (secondary N) is 2. The van der Waals surface area contributed by atoms with Crippen LogP contribution in [0.3, 0.4) is 0 Å². The molecule has 0 unspecified atom stereocenters. The first-order chi connectivity index (χ1) is 16.6. The fourth-order valence-electron chi connectivity index (χ4n) is 3.71. The van der Waals surface area contributed by atoms with E-state index in [1.807, 2.05) is 11.9 Å². The molecule has 1 fully saturated rings. The number of thiazole rings is 1. The molecular formula is C22H22F4N6OSSe. The molecule has 4 heterocycles. The van der Waals surface area contributed by atoms with Gasteiger partial charge >= 0.3 is 210 Å². The van der Waals surface area contributed by atoms with E-state index < -0.39 is 38.2 Å². The number of hydrogen-bond acceptors (Lipinski definition) is 6. The summed E-state index contributed by atoms with van der Waals surface area (Å²) in [7, 11) is 1.84. The van der Waals surface area contributed by atoms with E-state index >= 15 is 0 Å². The van der Waals surface area contributed by atoms with Gasteiger partial charge in [-0.15, -0.1) is 0 Å². The van der Waals surface area contributed by atoms with Gasteiger partial charge in [0.15, 0.2) is 0 Å². The molecule has 3 aromatic rings. The number of rotatable bonds is 5. The fraction of sp³-hybridized carbons (Fsp3) is 0.409. The van der Waals surface area contributed by atoms with Crippen LogP contribution in [-0.2, 0) is 0 Å². The monoisotopic (exact) mass is 574 g/mol. The van der Waals surface area contributed by atoms with E-state index in [4.69, 9.17) is 0 Å². The molecule has 186 valence electrons. The molecule has 7 nitrogen and oxygen atoms in total. The van der Waals surface area contributed by atoms with Crippen LogP contribution in [0.4, 0.5) is 23.4 Å². The molecule has 0 spiro atoms. The van der Waals surface area contributed by atoms with E-state index in [9.17, 15) is 22.4 Å². The summed E-state index contributed by atoms with van der Waals surface area (Å²) in [6, 6.07) is 1.04. The Bertz CT molecular complexity index is 1280. The first-order valence-electron chi connectivity index (χ1n) is 10.6. The van der Waals surface area contributed by atoms with Crippen LogP contribution in [0.5, 0.6) is 0 Å². The Balaban J connectivity index is 1.59. The molecule has 3 aromatic heterocycles. The number of aromatic nitrogens is 3. The predicted octanol–water partition coefficient (Wildman–Crippen LogP) is 2.18. The normalized spacial score (nSPS) is 18.8. The topological polar surface area (TPSA) is 74.6 Å². The van der Waals surface area contributed by atoms with Crippen molar-refractivity contribution in [1.82, 2.24) is 24.6 Å². The van der Waals surface area contributed by atoms with Crippen molar-refractivity contribution in [2.45, 2.75) is 30.6 Å². The second-order valence-electron chi connectivity index (χ2n) is 8.00. The van der Waals surface area contributed by atoms with Crippen molar-refractivity contribution in [2.24, 2.45) is 0 Å². The van der Waals surface area contributed by atoms with E-state index in [0.29, 0.717) is 24.3 Å². The van der Waals surface area contributed by atoms with Crippen molar-refractivity contribution in [3.8, 4) is 11.8 Å². The summed E-state index contributed by atoms with van der Waals surface area (Å²) in [5, 5.41) is 3.65. The van der Waals surface area contributed by atoms with E-state index in [1.54, 1.807) is 12.3 Å². The zero-order valence-electron chi connectivity index (χ0n) is 18.8. The van der Waals surface area contributed by atoms with Crippen molar-refractivity contribution < 1.29 is 22.4 Å². The van der Waals surface area contributed by atoms with Gasteiger partial charge in [0.2, 0.25) is 0 Å². The van der Waals surface area contributed by atoms with Gasteiger partial charge in [0.1, 0.15) is 0 Å². The van der Waals surface area contributed by atoms with Crippen molar-refractivity contribution >= 4 is 48.1 Å². The third-order valence-electron chi connectivity index (χ3n) is 5.34. The van der Waals surface area contributed by atoms with Gasteiger partial charge in [-0.3, -0.25) is 0 Å². The predicted molar refractivity (Wildman–Crippen MR) is 127 cm³/mol. The van der Waals surface area contributed by atoms with Crippen LogP contribution in [0.1, 0.15) is 27.5 Å². The summed E-state index contributed by atoms with van der Waals surface area (Å²) >= 11 is -0.536. The van der Waals surface area contributed by atoms with E-state index in [2.05, 4.69) is 32.4 Å². The number of nitrogens with zero attached hydrogens (tertiary/aromatic N) is 4. The molecule has 2 atom stereocenters. The average molecular weight is 573 g/mol. The average Bonchev–Trinajstić information content (AvgIpc) is 3.36. The standard InChI is InChI=1S/C22H22F4N6OSSe/c1-13-29-17(12-34-13)20(33)28-6-3-4-14-10-18-19(30-16-5-8-31(2)11-15(16)23)27-7-9-32(18)21(14)35-22(24,25)26/h7,9-10,12,15-16H,5-6,8,11H2,1-2H3,(H,27,30)(H,28,33)/t15-,16+/m0/s1. The Morgan fingerprint density at radius 2 is 2.20 bits per heavy atom. The van der Waals surface area contributed by atoms with Crippen LogP contribution < -0.4 is 15.2 Å². The molecule has 1 saturated heterocycles. The van der Waals surface area contributed by atoms with Gasteiger partial charge in [-0.05, 0) is 0 Å². The third kappa shape index (κ3) is 6.32. The molecule has 2 N–H and O–H groups in total. The quantitative estimate of drug-likeness (QED) is 0.278. The number of hydrogen-bond donors (Lipinski definition) is 2. The van der Waals surface area contributed by atoms with Crippen LogP contribution in [0.2, 0.25) is 0 Å². The molecule has 1 amide bonds. The van der Waals surface area contributed by atoms with Gasteiger partial charge < -0.3 is 0 Å². The molecule has 0 saturated carbocycles. The summed E-state index contributed by atoms with van der Waals surface area (Å²) in [5.74, 6) is 5.39. The van der Waals surface area contributed by atoms with Crippen molar-refractivity contribution in [1.29, 1.82) is 0 Å². The fourth-order valence-corrected chi connectivity index (χ4v) is 5.76. The number of carbonyl (C=O) groups excluding carboxylic acids is 1. The second kappa shape index (κ2) is 10.5. The summed E-state index contributed by atoms with van der Waals surface area (Å²) < 4.78 is 56.1. The number of likely N-dealkylation sites (tertiary alicyclic amines) is 1. The minimum atomic E-state index is -4.40. The van der Waals surface area contributed by atoms with Crippen molar-refractivity contribution in [2.75, 3.05) is 32.0 Å². The number of halogens is 4. The maximum absolute atomic E-state index is 14.5. The minimum absolute atomic E-state index is 0.0135.